The van der Waals surface area contributed by atoms with Gasteiger partial charge in [-0.05, 0) is 31.2 Å². The van der Waals surface area contributed by atoms with Crippen LogP contribution in [-0.4, -0.2) is 36.6 Å². The first-order valence-corrected chi connectivity index (χ1v) is 9.66. The molecule has 0 atom stereocenters. The van der Waals surface area contributed by atoms with Gasteiger partial charge in [0.1, 0.15) is 18.4 Å². The van der Waals surface area contributed by atoms with Crippen LogP contribution in [0.2, 0.25) is 0 Å². The van der Waals surface area contributed by atoms with Crippen molar-refractivity contribution < 1.29 is 26.8 Å². The van der Waals surface area contributed by atoms with E-state index in [1.165, 1.54) is 29.7 Å². The number of amides is 1. The number of hydrogen-bond donors (Lipinski definition) is 1. The first kappa shape index (κ1) is 20.7. The summed E-state index contributed by atoms with van der Waals surface area (Å²) >= 11 is 0.945. The van der Waals surface area contributed by atoms with Crippen molar-refractivity contribution in [2.24, 2.45) is 0 Å². The van der Waals surface area contributed by atoms with E-state index in [1.807, 2.05) is 0 Å². The number of halogens is 3. The fraction of sp³-hybridized carbons (Fsp3) is 0.167. The molecule has 3 heterocycles. The van der Waals surface area contributed by atoms with Gasteiger partial charge in [-0.2, -0.15) is 18.3 Å². The fourth-order valence-corrected chi connectivity index (χ4v) is 3.21. The van der Waals surface area contributed by atoms with Crippen LogP contribution in [0.4, 0.5) is 18.9 Å². The summed E-state index contributed by atoms with van der Waals surface area (Å²) in [5, 5.41) is 14.2. The lowest BCUT2D eigenvalue weighted by Gasteiger charge is -2.14. The lowest BCUT2D eigenvalue weighted by molar-refractivity contribution is -0.137. The average molecular weight is 450 g/mol. The molecule has 0 fully saturated rings. The molecule has 0 bridgehead atoms. The molecule has 160 valence electrons. The minimum atomic E-state index is -4.57. The summed E-state index contributed by atoms with van der Waals surface area (Å²) in [4.78, 5) is 16.2. The van der Waals surface area contributed by atoms with Gasteiger partial charge in [0, 0.05) is 0 Å². The van der Waals surface area contributed by atoms with Crippen molar-refractivity contribution in [3.05, 3.63) is 54.5 Å². The van der Waals surface area contributed by atoms with Gasteiger partial charge in [0.15, 0.2) is 0 Å². The first-order valence-electron chi connectivity index (χ1n) is 8.68. The molecule has 0 saturated heterocycles. The monoisotopic (exact) mass is 450 g/mol. The Morgan fingerprint density at radius 2 is 2.10 bits per heavy atom. The van der Waals surface area contributed by atoms with Gasteiger partial charge in [0.2, 0.25) is 5.91 Å². The second kappa shape index (κ2) is 8.26. The fourth-order valence-electron chi connectivity index (χ4n) is 2.64. The second-order valence-electron chi connectivity index (χ2n) is 6.17. The molecular formula is C18H13F3N6O3S. The van der Waals surface area contributed by atoms with Gasteiger partial charge < -0.3 is 14.2 Å². The van der Waals surface area contributed by atoms with Crippen LogP contribution < -0.4 is 5.32 Å². The lowest BCUT2D eigenvalue weighted by atomic mass is 10.1. The van der Waals surface area contributed by atoms with E-state index in [0.717, 1.165) is 23.9 Å². The number of aromatic nitrogens is 5. The molecule has 1 N–H and O–H groups in total. The summed E-state index contributed by atoms with van der Waals surface area (Å²) in [6.45, 7) is 1.74. The van der Waals surface area contributed by atoms with Crippen LogP contribution in [-0.2, 0) is 11.0 Å². The molecule has 9 nitrogen and oxygen atoms in total. The van der Waals surface area contributed by atoms with Crippen LogP contribution in [0.3, 0.4) is 0 Å². The van der Waals surface area contributed by atoms with E-state index in [4.69, 9.17) is 8.83 Å². The van der Waals surface area contributed by atoms with Gasteiger partial charge in [-0.1, -0.05) is 11.8 Å². The van der Waals surface area contributed by atoms with E-state index in [1.54, 1.807) is 13.0 Å². The number of aryl methyl sites for hydroxylation is 1. The number of nitrogens with zero attached hydrogens (tertiary/aromatic N) is 5. The Balaban J connectivity index is 1.48. The summed E-state index contributed by atoms with van der Waals surface area (Å²) in [7, 11) is 0. The van der Waals surface area contributed by atoms with E-state index in [9.17, 15) is 18.0 Å². The highest BCUT2D eigenvalue weighted by Crippen LogP contribution is 2.33. The van der Waals surface area contributed by atoms with E-state index in [2.05, 4.69) is 25.6 Å². The Labute approximate surface area is 176 Å². The van der Waals surface area contributed by atoms with Crippen LogP contribution >= 0.6 is 11.8 Å². The molecule has 0 aliphatic heterocycles. The Hall–Kier alpha value is -3.61. The minimum Gasteiger partial charge on any atom is -0.469 e. The van der Waals surface area contributed by atoms with Crippen molar-refractivity contribution in [1.82, 2.24) is 25.0 Å². The SMILES string of the molecule is Cc1occc1-c1nnc(SCC(=O)Nc2cc(C(F)(F)F)ccc2-n2cncn2)o1. The highest BCUT2D eigenvalue weighted by atomic mass is 32.2. The third-order valence-corrected chi connectivity index (χ3v) is 4.90. The number of nitrogens with one attached hydrogen (secondary N) is 1. The maximum Gasteiger partial charge on any atom is 0.416 e. The third kappa shape index (κ3) is 4.60. The van der Waals surface area contributed by atoms with Gasteiger partial charge >= 0.3 is 6.18 Å². The molecule has 0 aliphatic rings. The largest absolute Gasteiger partial charge is 0.469 e. The molecule has 1 amide bonds. The van der Waals surface area contributed by atoms with Crippen molar-refractivity contribution in [2.45, 2.75) is 18.3 Å². The number of furan rings is 1. The zero-order valence-electron chi connectivity index (χ0n) is 15.8. The molecule has 4 aromatic rings. The number of anilines is 1. The van der Waals surface area contributed by atoms with Gasteiger partial charge in [0.25, 0.3) is 11.1 Å². The Morgan fingerprint density at radius 1 is 1.26 bits per heavy atom. The number of benzene rings is 1. The maximum absolute atomic E-state index is 13.1. The number of rotatable bonds is 6. The number of carbonyl (C=O) groups is 1. The van der Waals surface area contributed by atoms with Gasteiger partial charge in [-0.25, -0.2) is 9.67 Å². The predicted octanol–water partition coefficient (Wildman–Crippen LogP) is 3.97. The van der Waals surface area contributed by atoms with Crippen molar-refractivity contribution in [2.75, 3.05) is 11.1 Å². The summed E-state index contributed by atoms with van der Waals surface area (Å²) in [6, 6.07) is 4.62. The molecule has 0 unspecified atom stereocenters. The van der Waals surface area contributed by atoms with E-state index in [0.29, 0.717) is 11.3 Å². The topological polar surface area (TPSA) is 112 Å². The lowest BCUT2D eigenvalue weighted by Crippen LogP contribution is -2.17. The molecular weight excluding hydrogens is 437 g/mol. The molecule has 0 aliphatic carbocycles. The molecule has 0 spiro atoms. The average Bonchev–Trinajstić information content (AvgIpc) is 3.47. The summed E-state index contributed by atoms with van der Waals surface area (Å²) in [5.41, 5.74) is -0.105. The van der Waals surface area contributed by atoms with Gasteiger partial charge in [-0.3, -0.25) is 4.79 Å². The van der Waals surface area contributed by atoms with E-state index < -0.39 is 17.6 Å². The normalized spacial score (nSPS) is 11.6. The van der Waals surface area contributed by atoms with Crippen molar-refractivity contribution in [3.63, 3.8) is 0 Å². The van der Waals surface area contributed by atoms with E-state index >= 15 is 0 Å². The number of hydrogen-bond acceptors (Lipinski definition) is 8. The van der Waals surface area contributed by atoms with Crippen LogP contribution in [0.5, 0.6) is 0 Å². The first-order chi connectivity index (χ1) is 14.8. The predicted molar refractivity (Wildman–Crippen MR) is 102 cm³/mol. The van der Waals surface area contributed by atoms with E-state index in [-0.39, 0.29) is 28.2 Å². The zero-order valence-corrected chi connectivity index (χ0v) is 16.6. The highest BCUT2D eigenvalue weighted by Gasteiger charge is 2.31. The van der Waals surface area contributed by atoms with Crippen LogP contribution in [0.15, 0.2) is 57.2 Å². The number of carbonyl (C=O) groups excluding carboxylic acids is 1. The Kier molecular flexibility index (Phi) is 5.50. The minimum absolute atomic E-state index is 0.0637. The van der Waals surface area contributed by atoms with Crippen LogP contribution in [0, 0.1) is 6.92 Å². The van der Waals surface area contributed by atoms with Gasteiger partial charge in [-0.15, -0.1) is 10.2 Å². The van der Waals surface area contributed by atoms with Crippen molar-refractivity contribution >= 4 is 23.4 Å². The molecule has 0 radical (unpaired) electrons. The number of alkyl halides is 3. The molecule has 0 saturated carbocycles. The molecule has 31 heavy (non-hydrogen) atoms. The van der Waals surface area contributed by atoms with Crippen LogP contribution in [0.25, 0.3) is 17.1 Å². The third-order valence-electron chi connectivity index (χ3n) is 4.09. The Bertz CT molecular complexity index is 1200. The second-order valence-corrected chi connectivity index (χ2v) is 7.10. The Morgan fingerprint density at radius 3 is 2.77 bits per heavy atom. The zero-order chi connectivity index (χ0) is 22.0. The summed E-state index contributed by atoms with van der Waals surface area (Å²) in [5.74, 6) is 0.104. The smallest absolute Gasteiger partial charge is 0.416 e. The van der Waals surface area contributed by atoms with Crippen molar-refractivity contribution in [3.8, 4) is 17.1 Å². The standard InChI is InChI=1S/C18H13F3N6O3S/c1-10-12(4-5-29-10)16-25-26-17(30-16)31-7-15(28)24-13-6-11(18(19,20)21)2-3-14(13)27-9-22-8-23-27/h2-6,8-9H,7H2,1H3,(H,24,28). The summed E-state index contributed by atoms with van der Waals surface area (Å²) < 4.78 is 51.2. The molecule has 1 aromatic carbocycles. The molecule has 13 heteroatoms. The molecule has 3 aromatic heterocycles. The highest BCUT2D eigenvalue weighted by molar-refractivity contribution is 7.99. The van der Waals surface area contributed by atoms with Gasteiger partial charge in [0.05, 0.1) is 34.5 Å². The summed E-state index contributed by atoms with van der Waals surface area (Å²) in [6.07, 6.45) is -0.545. The maximum atomic E-state index is 13.1. The quantitative estimate of drug-likeness (QED) is 0.439. The number of thioether (sulfide) groups is 1. The van der Waals surface area contributed by atoms with Crippen molar-refractivity contribution in [1.29, 1.82) is 0 Å². The van der Waals surface area contributed by atoms with Crippen LogP contribution in [0.1, 0.15) is 11.3 Å². The molecule has 4 rings (SSSR count).